The molecule has 4 rings (SSSR count). The van der Waals surface area contributed by atoms with Gasteiger partial charge in [0.2, 0.25) is 17.7 Å². The van der Waals surface area contributed by atoms with Crippen molar-refractivity contribution in [3.8, 4) is 11.5 Å². The molecule has 0 spiro atoms. The van der Waals surface area contributed by atoms with Gasteiger partial charge in [0.15, 0.2) is 11.5 Å². The van der Waals surface area contributed by atoms with Crippen molar-refractivity contribution in [3.05, 3.63) is 42.5 Å². The van der Waals surface area contributed by atoms with E-state index in [1.54, 1.807) is 41.1 Å². The fourth-order valence-electron chi connectivity index (χ4n) is 4.02. The smallest absolute Gasteiger partial charge is 0.241 e. The van der Waals surface area contributed by atoms with Crippen LogP contribution in [0, 0.1) is 0 Å². The van der Waals surface area contributed by atoms with Crippen molar-refractivity contribution < 1.29 is 23.9 Å². The molecule has 2 aliphatic heterocycles. The van der Waals surface area contributed by atoms with Gasteiger partial charge in [-0.2, -0.15) is 0 Å². The van der Waals surface area contributed by atoms with Crippen molar-refractivity contribution in [1.82, 2.24) is 4.90 Å². The molecule has 33 heavy (non-hydrogen) atoms. The average molecular weight is 453 g/mol. The van der Waals surface area contributed by atoms with E-state index in [1.807, 2.05) is 25.1 Å². The van der Waals surface area contributed by atoms with Crippen LogP contribution in [0.2, 0.25) is 0 Å². The number of carbonyl (C=O) groups is 3. The number of nitrogens with zero attached hydrogens (tertiary/aromatic N) is 2. The van der Waals surface area contributed by atoms with Gasteiger partial charge in [-0.1, -0.05) is 12.1 Å². The number of benzene rings is 2. The predicted molar refractivity (Wildman–Crippen MR) is 125 cm³/mol. The fourth-order valence-corrected chi connectivity index (χ4v) is 4.02. The molecule has 0 radical (unpaired) electrons. The Morgan fingerprint density at radius 1 is 1.12 bits per heavy atom. The highest BCUT2D eigenvalue weighted by molar-refractivity contribution is 6.05. The van der Waals surface area contributed by atoms with Crippen LogP contribution in [-0.4, -0.2) is 62.0 Å². The number of fused-ring (bicyclic) bond motifs is 2. The van der Waals surface area contributed by atoms with Gasteiger partial charge in [0, 0.05) is 30.6 Å². The molecule has 9 nitrogen and oxygen atoms in total. The Morgan fingerprint density at radius 2 is 1.88 bits per heavy atom. The van der Waals surface area contributed by atoms with Crippen LogP contribution in [0.1, 0.15) is 19.8 Å². The maximum Gasteiger partial charge on any atom is 0.241 e. The lowest BCUT2D eigenvalue weighted by Gasteiger charge is -2.29. The van der Waals surface area contributed by atoms with Gasteiger partial charge in [-0.3, -0.25) is 19.3 Å². The van der Waals surface area contributed by atoms with Crippen LogP contribution in [0.15, 0.2) is 42.5 Å². The van der Waals surface area contributed by atoms with Crippen molar-refractivity contribution in [2.45, 2.75) is 25.8 Å². The molecule has 2 N–H and O–H groups in total. The third kappa shape index (κ3) is 5.43. The summed E-state index contributed by atoms with van der Waals surface area (Å²) in [5, 5.41) is 5.69. The summed E-state index contributed by atoms with van der Waals surface area (Å²) in [7, 11) is 1.71. The minimum absolute atomic E-state index is 0.0290. The molecule has 1 atom stereocenters. The number of anilines is 3. The summed E-state index contributed by atoms with van der Waals surface area (Å²) in [6, 6.07) is 12.2. The third-order valence-electron chi connectivity index (χ3n) is 5.48. The Kier molecular flexibility index (Phi) is 6.79. The van der Waals surface area contributed by atoms with E-state index in [0.717, 1.165) is 6.42 Å². The van der Waals surface area contributed by atoms with Crippen molar-refractivity contribution in [3.63, 3.8) is 0 Å². The van der Waals surface area contributed by atoms with E-state index in [4.69, 9.17) is 9.47 Å². The van der Waals surface area contributed by atoms with Gasteiger partial charge in [0.25, 0.3) is 0 Å². The number of carbonyl (C=O) groups excluding carboxylic acids is 3. The number of hydrogen-bond donors (Lipinski definition) is 2. The first-order chi connectivity index (χ1) is 15.9. The summed E-state index contributed by atoms with van der Waals surface area (Å²) in [6.07, 6.45) is 1.01. The Morgan fingerprint density at radius 3 is 2.70 bits per heavy atom. The van der Waals surface area contributed by atoms with Gasteiger partial charge >= 0.3 is 0 Å². The standard InChI is InChI=1S/C24H28N4O5/c1-16-12-22(29)26-18-6-3-4-7-19(18)28(16)24(31)15-27(2)14-23(30)25-17-8-9-20-21(13-17)33-11-5-10-32-20/h3-4,6-9,13,16H,5,10-12,14-15H2,1-2H3,(H,25,30)(H,26,29)/t16-/m1/s1. The SMILES string of the molecule is C[C@@H]1CC(=O)Nc2ccccc2N1C(=O)CN(C)CC(=O)Nc1ccc2c(c1)OCCCO2. The van der Waals surface area contributed by atoms with Crippen LogP contribution in [0.4, 0.5) is 17.1 Å². The van der Waals surface area contributed by atoms with E-state index < -0.39 is 0 Å². The van der Waals surface area contributed by atoms with Crippen molar-refractivity contribution in [2.75, 3.05) is 48.9 Å². The van der Waals surface area contributed by atoms with Crippen LogP contribution in [0.3, 0.4) is 0 Å². The Bertz CT molecular complexity index is 1060. The van der Waals surface area contributed by atoms with Crippen LogP contribution in [0.5, 0.6) is 11.5 Å². The van der Waals surface area contributed by atoms with Crippen LogP contribution < -0.4 is 25.0 Å². The number of nitrogens with one attached hydrogen (secondary N) is 2. The zero-order valence-corrected chi connectivity index (χ0v) is 18.8. The number of para-hydroxylation sites is 2. The molecule has 174 valence electrons. The van der Waals surface area contributed by atoms with Crippen LogP contribution in [-0.2, 0) is 14.4 Å². The second-order valence-electron chi connectivity index (χ2n) is 8.31. The zero-order valence-electron chi connectivity index (χ0n) is 18.8. The molecule has 2 aromatic carbocycles. The van der Waals surface area contributed by atoms with Gasteiger partial charge in [-0.15, -0.1) is 0 Å². The summed E-state index contributed by atoms with van der Waals surface area (Å²) in [5.41, 5.74) is 1.87. The minimum atomic E-state index is -0.301. The molecule has 0 fully saturated rings. The topological polar surface area (TPSA) is 100 Å². The molecule has 0 saturated carbocycles. The summed E-state index contributed by atoms with van der Waals surface area (Å²) in [4.78, 5) is 41.2. The number of likely N-dealkylation sites (N-methyl/N-ethyl adjacent to an activating group) is 1. The zero-order chi connectivity index (χ0) is 23.4. The highest BCUT2D eigenvalue weighted by Gasteiger charge is 2.30. The van der Waals surface area contributed by atoms with E-state index in [9.17, 15) is 14.4 Å². The Labute approximate surface area is 192 Å². The molecular formula is C24H28N4O5. The number of rotatable bonds is 5. The lowest BCUT2D eigenvalue weighted by Crippen LogP contribution is -2.45. The van der Waals surface area contributed by atoms with Crippen molar-refractivity contribution in [2.24, 2.45) is 0 Å². The molecule has 2 aliphatic rings. The van der Waals surface area contributed by atoms with Gasteiger partial charge < -0.3 is 25.0 Å². The molecule has 3 amide bonds. The van der Waals surface area contributed by atoms with Crippen LogP contribution >= 0.6 is 0 Å². The summed E-state index contributed by atoms with van der Waals surface area (Å²) >= 11 is 0. The van der Waals surface area contributed by atoms with E-state index in [-0.39, 0.29) is 43.3 Å². The van der Waals surface area contributed by atoms with Gasteiger partial charge in [0.05, 0.1) is 37.7 Å². The van der Waals surface area contributed by atoms with Gasteiger partial charge in [-0.25, -0.2) is 0 Å². The van der Waals surface area contributed by atoms with Gasteiger partial charge in [0.1, 0.15) is 0 Å². The van der Waals surface area contributed by atoms with Crippen LogP contribution in [0.25, 0.3) is 0 Å². The fraction of sp³-hybridized carbons (Fsp3) is 0.375. The average Bonchev–Trinajstić information content (AvgIpc) is 3.06. The first kappa shape index (κ1) is 22.6. The predicted octanol–water partition coefficient (Wildman–Crippen LogP) is 2.48. The first-order valence-electron chi connectivity index (χ1n) is 11.0. The first-order valence-corrected chi connectivity index (χ1v) is 11.0. The van der Waals surface area contributed by atoms with Gasteiger partial charge in [-0.05, 0) is 38.2 Å². The lowest BCUT2D eigenvalue weighted by molar-refractivity contribution is -0.121. The third-order valence-corrected chi connectivity index (χ3v) is 5.48. The highest BCUT2D eigenvalue weighted by atomic mass is 16.5. The number of ether oxygens (including phenoxy) is 2. The molecular weight excluding hydrogens is 424 g/mol. The normalized spacial score (nSPS) is 17.5. The molecule has 0 saturated heterocycles. The largest absolute Gasteiger partial charge is 0.490 e. The van der Waals surface area contributed by atoms with E-state index in [0.29, 0.717) is 41.8 Å². The molecule has 0 aliphatic carbocycles. The number of amides is 3. The number of hydrogen-bond acceptors (Lipinski definition) is 6. The quantitative estimate of drug-likeness (QED) is 0.723. The second kappa shape index (κ2) is 9.91. The van der Waals surface area contributed by atoms with Crippen molar-refractivity contribution >= 4 is 34.8 Å². The maximum absolute atomic E-state index is 13.2. The summed E-state index contributed by atoms with van der Waals surface area (Å²) < 4.78 is 11.3. The maximum atomic E-state index is 13.2. The molecule has 0 bridgehead atoms. The minimum Gasteiger partial charge on any atom is -0.490 e. The van der Waals surface area contributed by atoms with E-state index >= 15 is 0 Å². The van der Waals surface area contributed by atoms with E-state index in [1.165, 1.54) is 0 Å². The lowest BCUT2D eigenvalue weighted by atomic mass is 10.1. The molecule has 2 heterocycles. The van der Waals surface area contributed by atoms with Crippen molar-refractivity contribution in [1.29, 1.82) is 0 Å². The highest BCUT2D eigenvalue weighted by Crippen LogP contribution is 2.33. The molecule has 9 heteroatoms. The Balaban J connectivity index is 1.38. The Hall–Kier alpha value is -3.59. The summed E-state index contributed by atoms with van der Waals surface area (Å²) in [6.45, 7) is 3.06. The molecule has 2 aromatic rings. The summed E-state index contributed by atoms with van der Waals surface area (Å²) in [5.74, 6) is 0.699. The molecule has 0 unspecified atom stereocenters. The van der Waals surface area contributed by atoms with E-state index in [2.05, 4.69) is 10.6 Å². The monoisotopic (exact) mass is 452 g/mol. The second-order valence-corrected chi connectivity index (χ2v) is 8.31. The molecule has 0 aromatic heterocycles.